The van der Waals surface area contributed by atoms with E-state index in [-0.39, 0.29) is 9.20 Å². The van der Waals surface area contributed by atoms with Gasteiger partial charge in [-0.1, -0.05) is 34.2 Å². The molecule has 0 spiro atoms. The zero-order chi connectivity index (χ0) is 14.0. The van der Waals surface area contributed by atoms with Crippen LogP contribution < -0.4 is 10.5 Å². The highest BCUT2D eigenvalue weighted by Gasteiger charge is 2.17. The van der Waals surface area contributed by atoms with Crippen LogP contribution in [0.5, 0.6) is 0 Å². The second kappa shape index (κ2) is 5.58. The fourth-order valence-corrected chi connectivity index (χ4v) is 4.15. The molecule has 0 atom stereocenters. The van der Waals surface area contributed by atoms with Crippen molar-refractivity contribution >= 4 is 60.2 Å². The fourth-order valence-electron chi connectivity index (χ4n) is 1.35. The van der Waals surface area contributed by atoms with Gasteiger partial charge in [-0.3, -0.25) is 4.72 Å². The number of sulfonamides is 1. The molecular formula is C11H9BrN2O2S3. The first-order chi connectivity index (χ1) is 8.88. The van der Waals surface area contributed by atoms with Crippen LogP contribution in [0.4, 0.5) is 5.69 Å². The highest BCUT2D eigenvalue weighted by atomic mass is 79.9. The summed E-state index contributed by atoms with van der Waals surface area (Å²) in [5, 5.41) is 0. The van der Waals surface area contributed by atoms with Crippen molar-refractivity contribution in [3.8, 4) is 0 Å². The minimum atomic E-state index is -3.61. The van der Waals surface area contributed by atoms with Gasteiger partial charge >= 0.3 is 0 Å². The van der Waals surface area contributed by atoms with E-state index in [0.717, 1.165) is 15.8 Å². The van der Waals surface area contributed by atoms with Crippen LogP contribution >= 0.6 is 39.5 Å². The Bertz CT molecular complexity index is 725. The molecule has 0 aliphatic carbocycles. The number of rotatable bonds is 4. The normalized spacial score (nSPS) is 11.2. The monoisotopic (exact) mass is 376 g/mol. The molecule has 3 N–H and O–H groups in total. The summed E-state index contributed by atoms with van der Waals surface area (Å²) in [4.78, 5) is 0.763. The molecule has 1 heterocycles. The third kappa shape index (κ3) is 3.53. The Balaban J connectivity index is 2.29. The summed E-state index contributed by atoms with van der Waals surface area (Å²) in [6.45, 7) is 0. The summed E-state index contributed by atoms with van der Waals surface area (Å²) >= 11 is 9.14. The lowest BCUT2D eigenvalue weighted by Crippen LogP contribution is -2.11. The van der Waals surface area contributed by atoms with Crippen molar-refractivity contribution in [2.75, 3.05) is 4.72 Å². The number of thiophene rings is 1. The maximum Gasteiger partial charge on any atom is 0.271 e. The van der Waals surface area contributed by atoms with E-state index in [2.05, 4.69) is 20.7 Å². The van der Waals surface area contributed by atoms with Gasteiger partial charge in [0.25, 0.3) is 10.0 Å². The summed E-state index contributed by atoms with van der Waals surface area (Å²) in [6.07, 6.45) is 0. The standard InChI is InChI=1S/C11H9BrN2O2S3/c12-7-2-1-3-8(6-7)14-19(15,16)10-5-4-9(18-10)11(13)17/h1-6,14H,(H2,13,17). The SMILES string of the molecule is NC(=S)c1ccc(S(=O)(=O)Nc2cccc(Br)c2)s1. The second-order valence-corrected chi connectivity index (χ2v) is 7.95. The predicted molar refractivity (Wildman–Crippen MR) is 85.2 cm³/mol. The zero-order valence-electron chi connectivity index (χ0n) is 9.46. The lowest BCUT2D eigenvalue weighted by atomic mass is 10.3. The van der Waals surface area contributed by atoms with Gasteiger partial charge < -0.3 is 5.73 Å². The van der Waals surface area contributed by atoms with E-state index < -0.39 is 10.0 Å². The van der Waals surface area contributed by atoms with E-state index in [4.69, 9.17) is 18.0 Å². The van der Waals surface area contributed by atoms with Crippen molar-refractivity contribution in [2.24, 2.45) is 5.73 Å². The van der Waals surface area contributed by atoms with Gasteiger partial charge in [-0.15, -0.1) is 11.3 Å². The van der Waals surface area contributed by atoms with Gasteiger partial charge in [0.05, 0.1) is 4.88 Å². The molecule has 19 heavy (non-hydrogen) atoms. The molecular weight excluding hydrogens is 368 g/mol. The maximum absolute atomic E-state index is 12.1. The first-order valence-electron chi connectivity index (χ1n) is 5.06. The number of halogens is 1. The van der Waals surface area contributed by atoms with Crippen molar-refractivity contribution < 1.29 is 8.42 Å². The Kier molecular flexibility index (Phi) is 4.24. The first-order valence-corrected chi connectivity index (χ1v) is 8.56. The van der Waals surface area contributed by atoms with Gasteiger partial charge in [-0.25, -0.2) is 8.42 Å². The van der Waals surface area contributed by atoms with Gasteiger partial charge in [0, 0.05) is 10.2 Å². The van der Waals surface area contributed by atoms with Gasteiger partial charge in [0.15, 0.2) is 0 Å². The molecule has 2 rings (SSSR count). The van der Waals surface area contributed by atoms with E-state index in [1.165, 1.54) is 6.07 Å². The van der Waals surface area contributed by atoms with Crippen molar-refractivity contribution in [1.82, 2.24) is 0 Å². The number of anilines is 1. The lowest BCUT2D eigenvalue weighted by Gasteiger charge is -2.06. The molecule has 0 fully saturated rings. The Morgan fingerprint density at radius 3 is 2.63 bits per heavy atom. The Morgan fingerprint density at radius 2 is 2.05 bits per heavy atom. The Morgan fingerprint density at radius 1 is 1.32 bits per heavy atom. The van der Waals surface area contributed by atoms with E-state index in [0.29, 0.717) is 10.6 Å². The number of benzene rings is 1. The van der Waals surface area contributed by atoms with Crippen LogP contribution in [-0.4, -0.2) is 13.4 Å². The summed E-state index contributed by atoms with van der Waals surface area (Å²) in [5.41, 5.74) is 5.95. The topological polar surface area (TPSA) is 72.2 Å². The third-order valence-corrected chi connectivity index (χ3v) is 6.00. The van der Waals surface area contributed by atoms with E-state index in [9.17, 15) is 8.42 Å². The summed E-state index contributed by atoms with van der Waals surface area (Å²) in [6, 6.07) is 10.00. The minimum absolute atomic E-state index is 0.176. The molecule has 100 valence electrons. The summed E-state index contributed by atoms with van der Waals surface area (Å²) in [7, 11) is -3.61. The average Bonchev–Trinajstić information content (AvgIpc) is 2.78. The lowest BCUT2D eigenvalue weighted by molar-refractivity contribution is 0.603. The molecule has 8 heteroatoms. The second-order valence-electron chi connectivity index (χ2n) is 3.60. The number of thiocarbonyl (C=S) groups is 1. The average molecular weight is 377 g/mol. The van der Waals surface area contributed by atoms with E-state index in [1.807, 2.05) is 6.07 Å². The highest BCUT2D eigenvalue weighted by molar-refractivity contribution is 9.10. The first kappa shape index (κ1) is 14.4. The van der Waals surface area contributed by atoms with Crippen LogP contribution in [0.25, 0.3) is 0 Å². The Hall–Kier alpha value is -0.960. The molecule has 0 bridgehead atoms. The predicted octanol–water partition coefficient (Wildman–Crippen LogP) is 2.95. The van der Waals surface area contributed by atoms with Gasteiger partial charge in [0.2, 0.25) is 0 Å². The third-order valence-electron chi connectivity index (χ3n) is 2.17. The van der Waals surface area contributed by atoms with Crippen molar-refractivity contribution in [1.29, 1.82) is 0 Å². The summed E-state index contributed by atoms with van der Waals surface area (Å²) in [5.74, 6) is 0. The van der Waals surface area contributed by atoms with Crippen LogP contribution in [0.1, 0.15) is 4.88 Å². The molecule has 0 saturated carbocycles. The molecule has 4 nitrogen and oxygen atoms in total. The largest absolute Gasteiger partial charge is 0.389 e. The molecule has 1 aromatic heterocycles. The van der Waals surface area contributed by atoms with E-state index in [1.54, 1.807) is 24.3 Å². The number of hydrogen-bond donors (Lipinski definition) is 2. The van der Waals surface area contributed by atoms with Gasteiger partial charge in [-0.2, -0.15) is 0 Å². The molecule has 0 unspecified atom stereocenters. The number of hydrogen-bond acceptors (Lipinski definition) is 4. The van der Waals surface area contributed by atoms with Crippen LogP contribution in [0.15, 0.2) is 45.1 Å². The maximum atomic E-state index is 12.1. The molecule has 0 aliphatic heterocycles. The van der Waals surface area contributed by atoms with Crippen LogP contribution in [0.3, 0.4) is 0 Å². The molecule has 1 aromatic carbocycles. The van der Waals surface area contributed by atoms with Crippen LogP contribution in [0.2, 0.25) is 0 Å². The quantitative estimate of drug-likeness (QED) is 0.804. The molecule has 0 aliphatic rings. The van der Waals surface area contributed by atoms with Gasteiger partial charge in [-0.05, 0) is 30.3 Å². The van der Waals surface area contributed by atoms with Gasteiger partial charge in [0.1, 0.15) is 9.20 Å². The number of nitrogens with two attached hydrogens (primary N) is 1. The zero-order valence-corrected chi connectivity index (χ0v) is 13.5. The molecule has 0 radical (unpaired) electrons. The Labute approximate surface area is 128 Å². The molecule has 2 aromatic rings. The molecule has 0 amide bonds. The number of nitrogens with one attached hydrogen (secondary N) is 1. The van der Waals surface area contributed by atoms with E-state index >= 15 is 0 Å². The van der Waals surface area contributed by atoms with Crippen molar-refractivity contribution in [2.45, 2.75) is 4.21 Å². The fraction of sp³-hybridized carbons (Fsp3) is 0. The minimum Gasteiger partial charge on any atom is -0.389 e. The van der Waals surface area contributed by atoms with Crippen LogP contribution in [-0.2, 0) is 10.0 Å². The van der Waals surface area contributed by atoms with Crippen LogP contribution in [0, 0.1) is 0 Å². The summed E-state index contributed by atoms with van der Waals surface area (Å²) < 4.78 is 27.8. The van der Waals surface area contributed by atoms with Crippen molar-refractivity contribution in [3.63, 3.8) is 0 Å². The smallest absolute Gasteiger partial charge is 0.271 e. The highest BCUT2D eigenvalue weighted by Crippen LogP contribution is 2.25. The molecule has 0 saturated heterocycles. The van der Waals surface area contributed by atoms with Crippen molar-refractivity contribution in [3.05, 3.63) is 45.7 Å².